The minimum Gasteiger partial charge on any atom is -0.370 e. The minimum atomic E-state index is -0.722. The fourth-order valence-corrected chi connectivity index (χ4v) is 4.25. The maximum absolute atomic E-state index is 12.1. The van der Waals surface area contributed by atoms with E-state index in [1.807, 2.05) is 23.6 Å². The highest BCUT2D eigenvalue weighted by molar-refractivity contribution is 8.00. The van der Waals surface area contributed by atoms with Crippen LogP contribution in [0.3, 0.4) is 0 Å². The number of primary amides is 2. The van der Waals surface area contributed by atoms with Crippen molar-refractivity contribution < 1.29 is 9.59 Å². The third-order valence-electron chi connectivity index (χ3n) is 3.86. The first kappa shape index (κ1) is 19.6. The Labute approximate surface area is 169 Å². The number of carbonyl (C=O) groups is 2. The number of benzene rings is 1. The van der Waals surface area contributed by atoms with Crippen molar-refractivity contribution in [1.82, 2.24) is 14.8 Å². The fraction of sp³-hybridized carbons (Fsp3) is 0.167. The first-order valence-electron chi connectivity index (χ1n) is 8.21. The smallest absolute Gasteiger partial charge is 0.235 e. The highest BCUT2D eigenvalue weighted by Crippen LogP contribution is 2.36. The predicted octanol–water partition coefficient (Wildman–Crippen LogP) is 2.07. The number of aromatic nitrogens is 3. The molecule has 0 aliphatic heterocycles. The molecule has 0 fully saturated rings. The average Bonchev–Trinajstić information content (AvgIpc) is 3.33. The maximum atomic E-state index is 12.1. The van der Waals surface area contributed by atoms with Crippen molar-refractivity contribution >= 4 is 34.9 Å². The molecule has 2 amide bonds. The van der Waals surface area contributed by atoms with E-state index in [1.165, 1.54) is 11.3 Å². The van der Waals surface area contributed by atoms with Gasteiger partial charge in [-0.25, -0.2) is 0 Å². The summed E-state index contributed by atoms with van der Waals surface area (Å²) in [7, 11) is 0. The van der Waals surface area contributed by atoms with E-state index < -0.39 is 17.1 Å². The van der Waals surface area contributed by atoms with Gasteiger partial charge in [-0.15, -0.1) is 21.5 Å². The topological polar surface area (TPSA) is 141 Å². The zero-order valence-corrected chi connectivity index (χ0v) is 16.2. The summed E-state index contributed by atoms with van der Waals surface area (Å²) in [6.07, 6.45) is 0.113. The third kappa shape index (κ3) is 4.39. The largest absolute Gasteiger partial charge is 0.370 e. The Bertz CT molecular complexity index is 1020. The van der Waals surface area contributed by atoms with Gasteiger partial charge in [0.25, 0.3) is 0 Å². The highest BCUT2D eigenvalue weighted by Gasteiger charge is 2.24. The van der Waals surface area contributed by atoms with Gasteiger partial charge in [-0.2, -0.15) is 5.26 Å². The van der Waals surface area contributed by atoms with Crippen molar-refractivity contribution in [3.8, 4) is 16.8 Å². The molecule has 0 saturated heterocycles. The van der Waals surface area contributed by atoms with Crippen LogP contribution in [0.5, 0.6) is 0 Å². The Balaban J connectivity index is 1.95. The summed E-state index contributed by atoms with van der Waals surface area (Å²) in [4.78, 5) is 24.2. The Morgan fingerprint density at radius 2 is 1.96 bits per heavy atom. The van der Waals surface area contributed by atoms with E-state index in [-0.39, 0.29) is 13.0 Å². The Morgan fingerprint density at radius 3 is 2.54 bits per heavy atom. The molecule has 2 heterocycles. The van der Waals surface area contributed by atoms with Crippen LogP contribution in [0.2, 0.25) is 0 Å². The molecule has 8 nitrogen and oxygen atoms in total. The molecule has 0 saturated carbocycles. The van der Waals surface area contributed by atoms with Crippen molar-refractivity contribution in [3.63, 3.8) is 0 Å². The Morgan fingerprint density at radius 1 is 1.21 bits per heavy atom. The maximum Gasteiger partial charge on any atom is 0.235 e. The fourth-order valence-electron chi connectivity index (χ4n) is 2.52. The number of thioether (sulfide) groups is 1. The standard InChI is InChI=1S/C18H16N6O2S2/c19-10-11-3-5-12(6-4-11)15(16(21)26)28-18-23-22-17(13-2-1-9-27-13)24(18)8-7-14(20)25/h1-6,9,15H,7-8H2,(H2,20,25)(H2,21,26). The molecule has 1 atom stereocenters. The zero-order chi connectivity index (χ0) is 20.1. The van der Waals surface area contributed by atoms with Crippen LogP contribution in [0.4, 0.5) is 0 Å². The summed E-state index contributed by atoms with van der Waals surface area (Å²) < 4.78 is 1.76. The number of rotatable bonds is 8. The molecule has 28 heavy (non-hydrogen) atoms. The molecule has 0 bridgehead atoms. The van der Waals surface area contributed by atoms with Gasteiger partial charge in [-0.3, -0.25) is 9.59 Å². The lowest BCUT2D eigenvalue weighted by Crippen LogP contribution is -2.20. The molecular formula is C18H16N6O2S2. The van der Waals surface area contributed by atoms with Gasteiger partial charge in [0, 0.05) is 13.0 Å². The summed E-state index contributed by atoms with van der Waals surface area (Å²) in [5.74, 6) is -0.390. The van der Waals surface area contributed by atoms with Crippen LogP contribution < -0.4 is 11.5 Å². The minimum absolute atomic E-state index is 0.113. The number of nitrogens with zero attached hydrogens (tertiary/aromatic N) is 4. The van der Waals surface area contributed by atoms with Crippen molar-refractivity contribution in [2.45, 2.75) is 23.4 Å². The molecule has 10 heteroatoms. The van der Waals surface area contributed by atoms with Crippen molar-refractivity contribution in [2.75, 3.05) is 0 Å². The summed E-state index contributed by atoms with van der Waals surface area (Å²) >= 11 is 2.64. The second-order valence-corrected chi connectivity index (χ2v) is 7.81. The molecule has 0 radical (unpaired) electrons. The number of hydrogen-bond donors (Lipinski definition) is 2. The molecule has 0 aliphatic carbocycles. The summed E-state index contributed by atoms with van der Waals surface area (Å²) in [6, 6.07) is 12.4. The van der Waals surface area contributed by atoms with Gasteiger partial charge in [-0.05, 0) is 29.1 Å². The number of carbonyl (C=O) groups excluding carboxylic acids is 2. The lowest BCUT2D eigenvalue weighted by molar-refractivity contribution is -0.118. The van der Waals surface area contributed by atoms with Gasteiger partial charge < -0.3 is 16.0 Å². The molecule has 1 aromatic carbocycles. The van der Waals surface area contributed by atoms with E-state index in [0.29, 0.717) is 22.1 Å². The van der Waals surface area contributed by atoms with Crippen LogP contribution in [0.1, 0.15) is 22.8 Å². The molecule has 0 spiro atoms. The SMILES string of the molecule is N#Cc1ccc(C(Sc2nnc(-c3cccs3)n2CCC(N)=O)C(N)=O)cc1. The average molecular weight is 413 g/mol. The van der Waals surface area contributed by atoms with Crippen LogP contribution in [-0.4, -0.2) is 26.6 Å². The molecule has 4 N–H and O–H groups in total. The van der Waals surface area contributed by atoms with Gasteiger partial charge in [0.15, 0.2) is 11.0 Å². The summed E-state index contributed by atoms with van der Waals surface area (Å²) in [5, 5.41) is 19.0. The van der Waals surface area contributed by atoms with Crippen LogP contribution in [-0.2, 0) is 16.1 Å². The number of hydrogen-bond acceptors (Lipinski definition) is 7. The number of thiophene rings is 1. The van der Waals surface area contributed by atoms with E-state index in [4.69, 9.17) is 16.7 Å². The summed E-state index contributed by atoms with van der Waals surface area (Å²) in [5.41, 5.74) is 12.0. The number of amides is 2. The molecule has 0 aliphatic rings. The second kappa shape index (κ2) is 8.69. The van der Waals surface area contributed by atoms with Gasteiger partial charge in [0.2, 0.25) is 11.8 Å². The van der Waals surface area contributed by atoms with Crippen molar-refractivity contribution in [2.24, 2.45) is 11.5 Å². The lowest BCUT2D eigenvalue weighted by Gasteiger charge is -2.14. The number of nitriles is 1. The van der Waals surface area contributed by atoms with Crippen LogP contribution in [0.15, 0.2) is 46.9 Å². The van der Waals surface area contributed by atoms with E-state index >= 15 is 0 Å². The molecule has 3 rings (SSSR count). The van der Waals surface area contributed by atoms with Gasteiger partial charge in [-0.1, -0.05) is 30.0 Å². The molecule has 1 unspecified atom stereocenters. The van der Waals surface area contributed by atoms with E-state index in [9.17, 15) is 9.59 Å². The molecule has 3 aromatic rings. The quantitative estimate of drug-likeness (QED) is 0.543. The first-order valence-corrected chi connectivity index (χ1v) is 9.97. The van der Waals surface area contributed by atoms with E-state index in [0.717, 1.165) is 16.6 Å². The van der Waals surface area contributed by atoms with Crippen LogP contribution >= 0.6 is 23.1 Å². The predicted molar refractivity (Wildman–Crippen MR) is 106 cm³/mol. The summed E-state index contributed by atoms with van der Waals surface area (Å²) in [6.45, 7) is 0.288. The van der Waals surface area contributed by atoms with Crippen molar-refractivity contribution in [3.05, 3.63) is 52.9 Å². The Hall–Kier alpha value is -3.16. The second-order valence-electron chi connectivity index (χ2n) is 5.79. The number of nitrogens with two attached hydrogens (primary N) is 2. The molecule has 2 aromatic heterocycles. The Kier molecular flexibility index (Phi) is 6.08. The highest BCUT2D eigenvalue weighted by atomic mass is 32.2. The van der Waals surface area contributed by atoms with Gasteiger partial charge in [0.1, 0.15) is 5.25 Å². The zero-order valence-electron chi connectivity index (χ0n) is 14.6. The monoisotopic (exact) mass is 412 g/mol. The normalized spacial score (nSPS) is 11.7. The molecular weight excluding hydrogens is 396 g/mol. The van der Waals surface area contributed by atoms with Crippen molar-refractivity contribution in [1.29, 1.82) is 5.26 Å². The van der Waals surface area contributed by atoms with E-state index in [1.54, 1.807) is 28.8 Å². The van der Waals surface area contributed by atoms with Gasteiger partial charge >= 0.3 is 0 Å². The first-order chi connectivity index (χ1) is 13.5. The van der Waals surface area contributed by atoms with E-state index in [2.05, 4.69) is 10.2 Å². The molecule has 142 valence electrons. The third-order valence-corrected chi connectivity index (χ3v) is 5.98. The van der Waals surface area contributed by atoms with Crippen LogP contribution in [0, 0.1) is 11.3 Å². The van der Waals surface area contributed by atoms with Gasteiger partial charge in [0.05, 0.1) is 16.5 Å². The van der Waals surface area contributed by atoms with Crippen LogP contribution in [0.25, 0.3) is 10.7 Å². The lowest BCUT2D eigenvalue weighted by atomic mass is 10.1.